The summed E-state index contributed by atoms with van der Waals surface area (Å²) in [5.41, 5.74) is -0.522. The van der Waals surface area contributed by atoms with Crippen molar-refractivity contribution >= 4 is 5.91 Å². The molecule has 0 saturated carbocycles. The van der Waals surface area contributed by atoms with E-state index in [1.165, 1.54) is 23.4 Å². The zero-order valence-electron chi connectivity index (χ0n) is 13.2. The lowest BCUT2D eigenvalue weighted by Gasteiger charge is -2.32. The van der Waals surface area contributed by atoms with Gasteiger partial charge in [-0.15, -0.1) is 0 Å². The van der Waals surface area contributed by atoms with E-state index in [-0.39, 0.29) is 18.1 Å². The minimum absolute atomic E-state index is 0.0473. The third kappa shape index (κ3) is 3.55. The van der Waals surface area contributed by atoms with E-state index in [0.29, 0.717) is 19.4 Å². The summed E-state index contributed by atoms with van der Waals surface area (Å²) in [4.78, 5) is 21.6. The molecule has 1 saturated heterocycles. The highest BCUT2D eigenvalue weighted by molar-refractivity contribution is 5.94. The van der Waals surface area contributed by atoms with Crippen LogP contribution < -0.4 is 4.74 Å². The van der Waals surface area contributed by atoms with Gasteiger partial charge in [0.25, 0.3) is 11.8 Å². The Bertz CT molecular complexity index is 817. The van der Waals surface area contributed by atoms with Gasteiger partial charge >= 0.3 is 0 Å². The van der Waals surface area contributed by atoms with E-state index in [4.69, 9.17) is 10.00 Å². The first-order chi connectivity index (χ1) is 12.1. The number of benzene rings is 1. The predicted octanol–water partition coefficient (Wildman–Crippen LogP) is 2.31. The second-order valence-corrected chi connectivity index (χ2v) is 5.55. The minimum atomic E-state index is -0.895. The lowest BCUT2D eigenvalue weighted by molar-refractivity contribution is 0.0517. The van der Waals surface area contributed by atoms with Crippen molar-refractivity contribution in [1.29, 1.82) is 5.26 Å². The number of ether oxygens (including phenoxy) is 1. The Labute approximate surface area is 142 Å². The van der Waals surface area contributed by atoms with Crippen molar-refractivity contribution in [2.24, 2.45) is 0 Å². The van der Waals surface area contributed by atoms with E-state index >= 15 is 0 Å². The van der Waals surface area contributed by atoms with E-state index in [9.17, 15) is 13.6 Å². The quantitative estimate of drug-likeness (QED) is 0.854. The van der Waals surface area contributed by atoms with Gasteiger partial charge in [0.2, 0.25) is 5.69 Å². The van der Waals surface area contributed by atoms with Gasteiger partial charge in [-0.3, -0.25) is 4.79 Å². The number of hydrogen-bond acceptors (Lipinski definition) is 5. The predicted molar refractivity (Wildman–Crippen MR) is 82.7 cm³/mol. The molecule has 0 N–H and O–H groups in total. The van der Waals surface area contributed by atoms with Gasteiger partial charge < -0.3 is 9.64 Å². The molecule has 2 aromatic rings. The molecule has 1 aliphatic heterocycles. The van der Waals surface area contributed by atoms with Gasteiger partial charge in [-0.1, -0.05) is 6.07 Å². The van der Waals surface area contributed by atoms with Crippen molar-refractivity contribution in [2.75, 3.05) is 13.1 Å². The topological polar surface area (TPSA) is 79.1 Å². The zero-order chi connectivity index (χ0) is 17.8. The van der Waals surface area contributed by atoms with Crippen LogP contribution in [0.2, 0.25) is 0 Å². The summed E-state index contributed by atoms with van der Waals surface area (Å²) in [5.74, 6) is -2.42. The molecule has 1 unspecified atom stereocenters. The minimum Gasteiger partial charge on any atom is -0.470 e. The maximum Gasteiger partial charge on any atom is 0.259 e. The van der Waals surface area contributed by atoms with Crippen LogP contribution in [0.3, 0.4) is 0 Å². The van der Waals surface area contributed by atoms with Crippen LogP contribution >= 0.6 is 0 Å². The Balaban J connectivity index is 1.75. The number of rotatable bonds is 3. The summed E-state index contributed by atoms with van der Waals surface area (Å²) in [7, 11) is 0. The Kier molecular flexibility index (Phi) is 4.84. The van der Waals surface area contributed by atoms with Crippen LogP contribution in [0.4, 0.5) is 8.78 Å². The van der Waals surface area contributed by atoms with Gasteiger partial charge in [-0.25, -0.2) is 18.7 Å². The molecule has 1 aromatic heterocycles. The number of nitrogens with zero attached hydrogens (tertiary/aromatic N) is 4. The third-order valence-electron chi connectivity index (χ3n) is 3.89. The van der Waals surface area contributed by atoms with Crippen LogP contribution in [0.5, 0.6) is 5.88 Å². The summed E-state index contributed by atoms with van der Waals surface area (Å²) >= 11 is 0. The van der Waals surface area contributed by atoms with Gasteiger partial charge in [0.15, 0.2) is 0 Å². The number of carbonyl (C=O) groups is 1. The number of likely N-dealkylation sites (tertiary alicyclic amines) is 1. The number of nitriles is 1. The first-order valence-electron chi connectivity index (χ1n) is 7.71. The molecule has 1 fully saturated rings. The van der Waals surface area contributed by atoms with Crippen molar-refractivity contribution in [2.45, 2.75) is 18.9 Å². The number of piperidine rings is 1. The summed E-state index contributed by atoms with van der Waals surface area (Å²) in [6, 6.07) is 5.19. The first-order valence-corrected chi connectivity index (χ1v) is 7.71. The molecule has 0 bridgehead atoms. The fourth-order valence-corrected chi connectivity index (χ4v) is 2.73. The highest BCUT2D eigenvalue weighted by Gasteiger charge is 2.29. The normalized spacial score (nSPS) is 17.0. The lowest BCUT2D eigenvalue weighted by Crippen LogP contribution is -2.45. The van der Waals surface area contributed by atoms with Gasteiger partial charge in [-0.2, -0.15) is 5.26 Å². The van der Waals surface area contributed by atoms with E-state index < -0.39 is 29.2 Å². The van der Waals surface area contributed by atoms with Gasteiger partial charge in [0.1, 0.15) is 29.4 Å². The van der Waals surface area contributed by atoms with Crippen molar-refractivity contribution in [3.63, 3.8) is 0 Å². The highest BCUT2D eigenvalue weighted by atomic mass is 19.1. The third-order valence-corrected chi connectivity index (χ3v) is 3.89. The largest absolute Gasteiger partial charge is 0.470 e. The molecule has 128 valence electrons. The fourth-order valence-electron chi connectivity index (χ4n) is 2.73. The van der Waals surface area contributed by atoms with E-state index in [0.717, 1.165) is 12.1 Å². The Morgan fingerprint density at radius 3 is 2.72 bits per heavy atom. The maximum atomic E-state index is 13.8. The molecule has 0 spiro atoms. The van der Waals surface area contributed by atoms with E-state index in [1.54, 1.807) is 0 Å². The molecule has 1 amide bonds. The number of carbonyl (C=O) groups excluding carboxylic acids is 1. The zero-order valence-corrected chi connectivity index (χ0v) is 13.2. The molecular weight excluding hydrogens is 330 g/mol. The summed E-state index contributed by atoms with van der Waals surface area (Å²) < 4.78 is 33.3. The van der Waals surface area contributed by atoms with Gasteiger partial charge in [-0.05, 0) is 25.0 Å². The molecule has 1 atom stereocenters. The molecular formula is C17H14F2N4O2. The van der Waals surface area contributed by atoms with Crippen LogP contribution in [-0.2, 0) is 0 Å². The monoisotopic (exact) mass is 344 g/mol. The number of aromatic nitrogens is 2. The van der Waals surface area contributed by atoms with Crippen LogP contribution in [0, 0.1) is 23.0 Å². The van der Waals surface area contributed by atoms with Crippen LogP contribution in [0.25, 0.3) is 0 Å². The number of halogens is 2. The van der Waals surface area contributed by atoms with Crippen LogP contribution in [-0.4, -0.2) is 40.0 Å². The average Bonchev–Trinajstić information content (AvgIpc) is 2.62. The molecule has 3 rings (SSSR count). The maximum absolute atomic E-state index is 13.8. The first kappa shape index (κ1) is 16.8. The Morgan fingerprint density at radius 2 is 2.00 bits per heavy atom. The fraction of sp³-hybridized carbons (Fsp3) is 0.294. The molecule has 2 heterocycles. The van der Waals surface area contributed by atoms with Crippen LogP contribution in [0.15, 0.2) is 30.6 Å². The molecule has 8 heteroatoms. The molecule has 25 heavy (non-hydrogen) atoms. The molecule has 6 nitrogen and oxygen atoms in total. The molecule has 0 radical (unpaired) electrons. The summed E-state index contributed by atoms with van der Waals surface area (Å²) in [6.45, 7) is 0.520. The van der Waals surface area contributed by atoms with E-state index in [2.05, 4.69) is 9.97 Å². The summed E-state index contributed by atoms with van der Waals surface area (Å²) in [5, 5.41) is 9.02. The van der Waals surface area contributed by atoms with Gasteiger partial charge in [0, 0.05) is 18.9 Å². The standard InChI is InChI=1S/C17H14F2N4O2/c18-12-4-1-5-13(19)15(12)17(24)23-8-2-3-11(10-23)25-16-14(9-20)21-6-7-22-16/h1,4-7,11H,2-3,8,10H2. The Hall–Kier alpha value is -3.08. The second kappa shape index (κ2) is 7.21. The van der Waals surface area contributed by atoms with Crippen molar-refractivity contribution in [3.8, 4) is 11.9 Å². The van der Waals surface area contributed by atoms with E-state index in [1.807, 2.05) is 6.07 Å². The lowest BCUT2D eigenvalue weighted by atomic mass is 10.1. The average molecular weight is 344 g/mol. The molecule has 1 aromatic carbocycles. The number of hydrogen-bond donors (Lipinski definition) is 0. The Morgan fingerprint density at radius 1 is 1.28 bits per heavy atom. The molecule has 1 aliphatic rings. The summed E-state index contributed by atoms with van der Waals surface area (Å²) in [6.07, 6.45) is 3.58. The highest BCUT2D eigenvalue weighted by Crippen LogP contribution is 2.21. The number of amides is 1. The van der Waals surface area contributed by atoms with Crippen molar-refractivity contribution in [1.82, 2.24) is 14.9 Å². The SMILES string of the molecule is N#Cc1nccnc1OC1CCCN(C(=O)c2c(F)cccc2F)C1. The second-order valence-electron chi connectivity index (χ2n) is 5.55. The van der Waals surface area contributed by atoms with Crippen molar-refractivity contribution in [3.05, 3.63) is 53.5 Å². The smallest absolute Gasteiger partial charge is 0.259 e. The van der Waals surface area contributed by atoms with Crippen molar-refractivity contribution < 1.29 is 18.3 Å². The van der Waals surface area contributed by atoms with Crippen LogP contribution in [0.1, 0.15) is 28.9 Å². The molecule has 0 aliphatic carbocycles. The van der Waals surface area contributed by atoms with Gasteiger partial charge in [0.05, 0.1) is 6.54 Å².